The van der Waals surface area contributed by atoms with E-state index >= 15 is 0 Å². The molecular formula is C12H11ClN2O2S. The van der Waals surface area contributed by atoms with Gasteiger partial charge in [-0.2, -0.15) is 0 Å². The molecule has 0 heterocycles. The van der Waals surface area contributed by atoms with Gasteiger partial charge in [-0.05, 0) is 30.3 Å². The second-order valence-corrected chi connectivity index (χ2v) is 6.05. The minimum atomic E-state index is -3.76. The van der Waals surface area contributed by atoms with Crippen molar-refractivity contribution in [1.29, 1.82) is 0 Å². The minimum Gasteiger partial charge on any atom is -0.398 e. The van der Waals surface area contributed by atoms with Crippen molar-refractivity contribution in [2.75, 3.05) is 11.5 Å². The van der Waals surface area contributed by atoms with E-state index in [2.05, 4.69) is 0 Å². The minimum absolute atomic E-state index is 0.0691. The van der Waals surface area contributed by atoms with E-state index in [0.717, 1.165) is 0 Å². The van der Waals surface area contributed by atoms with Gasteiger partial charge >= 0.3 is 0 Å². The van der Waals surface area contributed by atoms with E-state index in [1.54, 1.807) is 18.2 Å². The summed E-state index contributed by atoms with van der Waals surface area (Å²) in [5.41, 5.74) is 11.6. The molecule has 0 saturated heterocycles. The number of rotatable bonds is 2. The van der Waals surface area contributed by atoms with Crippen LogP contribution in [0, 0.1) is 0 Å². The van der Waals surface area contributed by atoms with Gasteiger partial charge in [0.05, 0.1) is 16.3 Å². The average Bonchev–Trinajstić information content (AvgIpc) is 2.28. The summed E-state index contributed by atoms with van der Waals surface area (Å²) in [6, 6.07) is 10.6. The van der Waals surface area contributed by atoms with Crippen molar-refractivity contribution in [3.63, 3.8) is 0 Å². The van der Waals surface area contributed by atoms with Crippen LogP contribution >= 0.6 is 11.6 Å². The first-order valence-corrected chi connectivity index (χ1v) is 6.93. The van der Waals surface area contributed by atoms with Gasteiger partial charge < -0.3 is 11.5 Å². The van der Waals surface area contributed by atoms with Crippen LogP contribution in [0.2, 0.25) is 5.02 Å². The summed E-state index contributed by atoms with van der Waals surface area (Å²) in [6.45, 7) is 0. The Bertz CT molecular complexity index is 679. The van der Waals surface area contributed by atoms with Crippen LogP contribution in [0.25, 0.3) is 0 Å². The highest BCUT2D eigenvalue weighted by atomic mass is 35.5. The third-order valence-electron chi connectivity index (χ3n) is 2.45. The molecular weight excluding hydrogens is 272 g/mol. The molecule has 18 heavy (non-hydrogen) atoms. The molecule has 2 aromatic rings. The normalized spacial score (nSPS) is 11.4. The molecule has 0 amide bonds. The van der Waals surface area contributed by atoms with Crippen LogP contribution < -0.4 is 11.5 Å². The van der Waals surface area contributed by atoms with Gasteiger partial charge in [-0.1, -0.05) is 23.7 Å². The molecule has 0 aliphatic rings. The molecule has 0 spiro atoms. The van der Waals surface area contributed by atoms with E-state index < -0.39 is 9.84 Å². The Balaban J connectivity index is 2.70. The van der Waals surface area contributed by atoms with Crippen molar-refractivity contribution < 1.29 is 8.42 Å². The van der Waals surface area contributed by atoms with Crippen molar-refractivity contribution in [3.8, 4) is 0 Å². The van der Waals surface area contributed by atoms with E-state index in [0.29, 0.717) is 5.02 Å². The summed E-state index contributed by atoms with van der Waals surface area (Å²) in [6.07, 6.45) is 0. The summed E-state index contributed by atoms with van der Waals surface area (Å²) in [4.78, 5) is -0.00753. The maximum atomic E-state index is 12.4. The Morgan fingerprint density at radius 1 is 0.944 bits per heavy atom. The first kappa shape index (κ1) is 12.7. The molecule has 0 unspecified atom stereocenters. The van der Waals surface area contributed by atoms with Gasteiger partial charge in [0.25, 0.3) is 0 Å². The third kappa shape index (κ3) is 2.14. The highest BCUT2D eigenvalue weighted by molar-refractivity contribution is 7.91. The van der Waals surface area contributed by atoms with Crippen molar-refractivity contribution in [3.05, 3.63) is 47.5 Å². The Morgan fingerprint density at radius 3 is 2.06 bits per heavy atom. The topological polar surface area (TPSA) is 86.2 Å². The van der Waals surface area contributed by atoms with E-state index in [9.17, 15) is 8.42 Å². The lowest BCUT2D eigenvalue weighted by Gasteiger charge is -2.10. The van der Waals surface area contributed by atoms with Gasteiger partial charge in [0.1, 0.15) is 4.90 Å². The maximum Gasteiger partial charge on any atom is 0.210 e. The quantitative estimate of drug-likeness (QED) is 0.828. The van der Waals surface area contributed by atoms with Crippen LogP contribution in [0.1, 0.15) is 0 Å². The van der Waals surface area contributed by atoms with Crippen LogP contribution in [-0.2, 0) is 9.84 Å². The van der Waals surface area contributed by atoms with Crippen LogP contribution in [0.5, 0.6) is 0 Å². The van der Waals surface area contributed by atoms with Crippen LogP contribution in [0.4, 0.5) is 11.4 Å². The number of sulfone groups is 1. The predicted molar refractivity (Wildman–Crippen MR) is 72.2 cm³/mol. The monoisotopic (exact) mass is 282 g/mol. The Hall–Kier alpha value is -1.72. The molecule has 2 aromatic carbocycles. The summed E-state index contributed by atoms with van der Waals surface area (Å²) in [7, 11) is -3.76. The Morgan fingerprint density at radius 2 is 1.50 bits per heavy atom. The van der Waals surface area contributed by atoms with Crippen molar-refractivity contribution in [2.24, 2.45) is 0 Å². The first-order valence-electron chi connectivity index (χ1n) is 5.07. The van der Waals surface area contributed by atoms with Gasteiger partial charge in [-0.15, -0.1) is 0 Å². The lowest BCUT2D eigenvalue weighted by molar-refractivity contribution is 0.597. The zero-order valence-corrected chi connectivity index (χ0v) is 10.9. The van der Waals surface area contributed by atoms with Crippen LogP contribution in [0.15, 0.2) is 52.3 Å². The predicted octanol–water partition coefficient (Wildman–Crippen LogP) is 2.34. The first-order chi connectivity index (χ1) is 8.43. The summed E-state index contributed by atoms with van der Waals surface area (Å²) in [5.74, 6) is 0. The average molecular weight is 283 g/mol. The standard InChI is InChI=1S/C12H11ClN2O2S/c13-8-3-1-4-9(7-8)18(16,17)12-10(14)5-2-6-11(12)15/h1-7H,14-15H2. The van der Waals surface area contributed by atoms with Gasteiger partial charge in [-0.25, -0.2) is 8.42 Å². The highest BCUT2D eigenvalue weighted by Gasteiger charge is 2.23. The van der Waals surface area contributed by atoms with Crippen LogP contribution in [0.3, 0.4) is 0 Å². The molecule has 4 nitrogen and oxygen atoms in total. The number of hydrogen-bond donors (Lipinski definition) is 2. The van der Waals surface area contributed by atoms with E-state index in [4.69, 9.17) is 23.1 Å². The second kappa shape index (κ2) is 4.51. The lowest BCUT2D eigenvalue weighted by atomic mass is 10.3. The van der Waals surface area contributed by atoms with Crippen molar-refractivity contribution in [1.82, 2.24) is 0 Å². The Labute approximate surface area is 110 Å². The molecule has 0 atom stereocenters. The molecule has 0 bridgehead atoms. The number of halogens is 1. The highest BCUT2D eigenvalue weighted by Crippen LogP contribution is 2.31. The molecule has 4 N–H and O–H groups in total. The fraction of sp³-hybridized carbons (Fsp3) is 0. The van der Waals surface area contributed by atoms with E-state index in [1.807, 2.05) is 0 Å². The Kier molecular flexibility index (Phi) is 3.19. The lowest BCUT2D eigenvalue weighted by Crippen LogP contribution is -2.08. The molecule has 0 aliphatic carbocycles. The van der Waals surface area contributed by atoms with E-state index in [-0.39, 0.29) is 21.2 Å². The fourth-order valence-corrected chi connectivity index (χ4v) is 3.42. The summed E-state index contributed by atoms with van der Waals surface area (Å²) in [5, 5.41) is 0.337. The zero-order chi connectivity index (χ0) is 13.3. The number of anilines is 2. The smallest absolute Gasteiger partial charge is 0.210 e. The molecule has 0 saturated carbocycles. The maximum absolute atomic E-state index is 12.4. The number of hydrogen-bond acceptors (Lipinski definition) is 4. The molecule has 94 valence electrons. The zero-order valence-electron chi connectivity index (χ0n) is 9.30. The molecule has 0 aromatic heterocycles. The van der Waals surface area contributed by atoms with Crippen molar-refractivity contribution >= 4 is 32.8 Å². The van der Waals surface area contributed by atoms with Gasteiger partial charge in [-0.3, -0.25) is 0 Å². The number of nitrogen functional groups attached to an aromatic ring is 2. The molecule has 0 aliphatic heterocycles. The fourth-order valence-electron chi connectivity index (χ4n) is 1.64. The summed E-state index contributed by atoms with van der Waals surface area (Å²) < 4.78 is 24.8. The van der Waals surface area contributed by atoms with Gasteiger partial charge in [0, 0.05) is 5.02 Å². The van der Waals surface area contributed by atoms with Crippen LogP contribution in [-0.4, -0.2) is 8.42 Å². The largest absolute Gasteiger partial charge is 0.398 e. The third-order valence-corrected chi connectivity index (χ3v) is 4.57. The van der Waals surface area contributed by atoms with Crippen molar-refractivity contribution in [2.45, 2.75) is 9.79 Å². The second-order valence-electron chi connectivity index (χ2n) is 3.73. The number of benzene rings is 2. The summed E-state index contributed by atoms with van der Waals surface area (Å²) >= 11 is 5.79. The molecule has 2 rings (SSSR count). The molecule has 0 radical (unpaired) electrons. The molecule has 6 heteroatoms. The SMILES string of the molecule is Nc1cccc(N)c1S(=O)(=O)c1cccc(Cl)c1. The van der Waals surface area contributed by atoms with Gasteiger partial charge in [0.15, 0.2) is 0 Å². The van der Waals surface area contributed by atoms with E-state index in [1.165, 1.54) is 24.3 Å². The van der Waals surface area contributed by atoms with Gasteiger partial charge in [0.2, 0.25) is 9.84 Å². The number of nitrogens with two attached hydrogens (primary N) is 2. The molecule has 0 fully saturated rings.